The Balaban J connectivity index is 2.06. The van der Waals surface area contributed by atoms with E-state index >= 15 is 0 Å². The van der Waals surface area contributed by atoms with E-state index in [-0.39, 0.29) is 17.3 Å². The zero-order valence-electron chi connectivity index (χ0n) is 11.7. The van der Waals surface area contributed by atoms with Crippen molar-refractivity contribution in [2.45, 2.75) is 31.1 Å². The average Bonchev–Trinajstić information content (AvgIpc) is 3.30. The van der Waals surface area contributed by atoms with Gasteiger partial charge in [-0.1, -0.05) is 6.07 Å². The molecule has 1 aromatic heterocycles. The first-order valence-corrected chi connectivity index (χ1v) is 6.90. The Labute approximate surface area is 128 Å². The molecule has 122 valence electrons. The molecule has 0 atom stereocenters. The number of nitrogens with zero attached hydrogens (tertiary/aromatic N) is 1. The predicted molar refractivity (Wildman–Crippen MR) is 71.7 cm³/mol. The molecule has 1 aliphatic carbocycles. The molecule has 0 aliphatic heterocycles. The molecule has 0 N–H and O–H groups in total. The van der Waals surface area contributed by atoms with E-state index < -0.39 is 23.5 Å². The van der Waals surface area contributed by atoms with Crippen molar-refractivity contribution >= 4 is 0 Å². The molecule has 1 nitrogen and oxygen atoms in total. The molecule has 2 aromatic rings. The lowest BCUT2D eigenvalue weighted by Gasteiger charge is -2.14. The quantitative estimate of drug-likeness (QED) is 0.647. The summed E-state index contributed by atoms with van der Waals surface area (Å²) >= 11 is 0. The molecule has 1 aromatic carbocycles. The second-order valence-corrected chi connectivity index (χ2v) is 5.55. The summed E-state index contributed by atoms with van der Waals surface area (Å²) in [4.78, 5) is 4.02. The topological polar surface area (TPSA) is 12.9 Å². The lowest BCUT2D eigenvalue weighted by Crippen LogP contribution is -2.11. The number of hydrogen-bond acceptors (Lipinski definition) is 1. The van der Waals surface area contributed by atoms with Crippen molar-refractivity contribution in [2.24, 2.45) is 0 Å². The van der Waals surface area contributed by atoms with Gasteiger partial charge >= 0.3 is 12.4 Å². The first-order valence-electron chi connectivity index (χ1n) is 6.90. The second kappa shape index (κ2) is 5.25. The van der Waals surface area contributed by atoms with Crippen LogP contribution in [0.15, 0.2) is 36.5 Å². The standard InChI is InChI=1S/C16H11F6N/c17-15(18,19)12-5-11(6-13(7-12)16(20,21)22)14-4-3-10(8-23-14)9-1-2-9/h3-9H,1-2H2. The fourth-order valence-corrected chi connectivity index (χ4v) is 2.34. The number of rotatable bonds is 2. The first-order chi connectivity index (χ1) is 10.6. The van der Waals surface area contributed by atoms with Gasteiger partial charge in [0.15, 0.2) is 0 Å². The molecule has 1 fully saturated rings. The number of aromatic nitrogens is 1. The van der Waals surface area contributed by atoms with E-state index in [1.54, 1.807) is 6.07 Å². The zero-order chi connectivity index (χ0) is 16.8. The van der Waals surface area contributed by atoms with Gasteiger partial charge < -0.3 is 0 Å². The van der Waals surface area contributed by atoms with E-state index in [4.69, 9.17) is 0 Å². The second-order valence-electron chi connectivity index (χ2n) is 5.55. The zero-order valence-corrected chi connectivity index (χ0v) is 11.7. The molecule has 0 radical (unpaired) electrons. The summed E-state index contributed by atoms with van der Waals surface area (Å²) in [5.41, 5.74) is -1.83. The summed E-state index contributed by atoms with van der Waals surface area (Å²) in [5, 5.41) is 0. The Morgan fingerprint density at radius 3 is 1.78 bits per heavy atom. The van der Waals surface area contributed by atoms with Crippen molar-refractivity contribution < 1.29 is 26.3 Å². The van der Waals surface area contributed by atoms with Gasteiger partial charge in [-0.3, -0.25) is 4.98 Å². The van der Waals surface area contributed by atoms with Crippen molar-refractivity contribution in [3.05, 3.63) is 53.2 Å². The number of hydrogen-bond donors (Lipinski definition) is 0. The van der Waals surface area contributed by atoms with Crippen molar-refractivity contribution in [1.29, 1.82) is 0 Å². The molecule has 23 heavy (non-hydrogen) atoms. The number of benzene rings is 1. The van der Waals surface area contributed by atoms with Gasteiger partial charge in [0, 0.05) is 11.8 Å². The van der Waals surface area contributed by atoms with Crippen LogP contribution in [0.5, 0.6) is 0 Å². The van der Waals surface area contributed by atoms with Gasteiger partial charge in [0.2, 0.25) is 0 Å². The monoisotopic (exact) mass is 331 g/mol. The third-order valence-electron chi connectivity index (χ3n) is 3.72. The Kier molecular flexibility index (Phi) is 3.61. The van der Waals surface area contributed by atoms with Gasteiger partial charge in [-0.25, -0.2) is 0 Å². The summed E-state index contributed by atoms with van der Waals surface area (Å²) in [6.07, 6.45) is -6.14. The highest BCUT2D eigenvalue weighted by atomic mass is 19.4. The fraction of sp³-hybridized carbons (Fsp3) is 0.312. The van der Waals surface area contributed by atoms with Crippen molar-refractivity contribution in [3.63, 3.8) is 0 Å². The first kappa shape index (κ1) is 15.8. The molecular formula is C16H11F6N. The van der Waals surface area contributed by atoms with E-state index in [0.717, 1.165) is 18.4 Å². The fourth-order valence-electron chi connectivity index (χ4n) is 2.34. The van der Waals surface area contributed by atoms with Gasteiger partial charge in [0.25, 0.3) is 0 Å². The maximum atomic E-state index is 12.8. The Morgan fingerprint density at radius 2 is 1.39 bits per heavy atom. The van der Waals surface area contributed by atoms with Crippen LogP contribution in [-0.2, 0) is 12.4 Å². The Bertz CT molecular complexity index is 679. The van der Waals surface area contributed by atoms with Crippen LogP contribution < -0.4 is 0 Å². The van der Waals surface area contributed by atoms with Crippen molar-refractivity contribution in [1.82, 2.24) is 4.98 Å². The van der Waals surface area contributed by atoms with Crippen LogP contribution in [0.4, 0.5) is 26.3 Å². The third-order valence-corrected chi connectivity index (χ3v) is 3.72. The third kappa shape index (κ3) is 3.48. The lowest BCUT2D eigenvalue weighted by molar-refractivity contribution is -0.143. The average molecular weight is 331 g/mol. The van der Waals surface area contributed by atoms with Crippen LogP contribution >= 0.6 is 0 Å². The van der Waals surface area contributed by atoms with Crippen LogP contribution in [-0.4, -0.2) is 4.98 Å². The molecule has 0 saturated heterocycles. The predicted octanol–water partition coefficient (Wildman–Crippen LogP) is 5.66. The molecule has 0 bridgehead atoms. The lowest BCUT2D eigenvalue weighted by atomic mass is 10.0. The maximum absolute atomic E-state index is 12.8. The molecule has 1 aliphatic rings. The minimum Gasteiger partial charge on any atom is -0.256 e. The van der Waals surface area contributed by atoms with Gasteiger partial charge in [0.1, 0.15) is 0 Å². The molecule has 1 heterocycles. The molecular weight excluding hydrogens is 320 g/mol. The number of alkyl halides is 6. The molecule has 0 amide bonds. The molecule has 7 heteroatoms. The van der Waals surface area contributed by atoms with Gasteiger partial charge in [-0.05, 0) is 48.6 Å². The normalized spacial score (nSPS) is 15.7. The van der Waals surface area contributed by atoms with Crippen LogP contribution in [0, 0.1) is 0 Å². The highest BCUT2D eigenvalue weighted by molar-refractivity contribution is 5.62. The van der Waals surface area contributed by atoms with E-state index in [1.807, 2.05) is 0 Å². The van der Waals surface area contributed by atoms with E-state index in [0.29, 0.717) is 18.1 Å². The summed E-state index contributed by atoms with van der Waals surface area (Å²) in [6, 6.07) is 4.65. The van der Waals surface area contributed by atoms with Gasteiger partial charge in [0.05, 0.1) is 16.8 Å². The van der Waals surface area contributed by atoms with Crippen LogP contribution in [0.2, 0.25) is 0 Å². The van der Waals surface area contributed by atoms with Crippen LogP contribution in [0.25, 0.3) is 11.3 Å². The van der Waals surface area contributed by atoms with Gasteiger partial charge in [-0.15, -0.1) is 0 Å². The van der Waals surface area contributed by atoms with E-state index in [9.17, 15) is 26.3 Å². The smallest absolute Gasteiger partial charge is 0.256 e. The largest absolute Gasteiger partial charge is 0.416 e. The number of pyridine rings is 1. The minimum absolute atomic E-state index is 0.0889. The Hall–Kier alpha value is -2.05. The van der Waals surface area contributed by atoms with Crippen molar-refractivity contribution in [3.8, 4) is 11.3 Å². The van der Waals surface area contributed by atoms with Crippen LogP contribution in [0.1, 0.15) is 35.4 Å². The van der Waals surface area contributed by atoms with E-state index in [1.165, 1.54) is 12.3 Å². The maximum Gasteiger partial charge on any atom is 0.416 e. The molecule has 3 rings (SSSR count). The van der Waals surface area contributed by atoms with E-state index in [2.05, 4.69) is 4.98 Å². The summed E-state index contributed by atoms with van der Waals surface area (Å²) in [6.45, 7) is 0. The molecule has 0 spiro atoms. The van der Waals surface area contributed by atoms with Crippen molar-refractivity contribution in [2.75, 3.05) is 0 Å². The molecule has 1 saturated carbocycles. The summed E-state index contributed by atoms with van der Waals surface area (Å²) < 4.78 is 77.1. The van der Waals surface area contributed by atoms with Gasteiger partial charge in [-0.2, -0.15) is 26.3 Å². The SMILES string of the molecule is FC(F)(F)c1cc(-c2ccc(C3CC3)cn2)cc(C(F)(F)F)c1. The Morgan fingerprint density at radius 1 is 0.826 bits per heavy atom. The minimum atomic E-state index is -4.86. The highest BCUT2D eigenvalue weighted by Crippen LogP contribution is 2.41. The summed E-state index contributed by atoms with van der Waals surface area (Å²) in [7, 11) is 0. The summed E-state index contributed by atoms with van der Waals surface area (Å²) in [5.74, 6) is 0.406. The number of halogens is 6. The molecule has 0 unspecified atom stereocenters. The highest BCUT2D eigenvalue weighted by Gasteiger charge is 2.37. The van der Waals surface area contributed by atoms with Crippen LogP contribution in [0.3, 0.4) is 0 Å².